The van der Waals surface area contributed by atoms with Gasteiger partial charge in [0.2, 0.25) is 0 Å². The molecule has 3 rings (SSSR count). The molecule has 25 heavy (non-hydrogen) atoms. The Balaban J connectivity index is 1.65. The van der Waals surface area contributed by atoms with E-state index in [4.69, 9.17) is 4.42 Å². The van der Waals surface area contributed by atoms with Gasteiger partial charge in [0.1, 0.15) is 11.5 Å². The SMILES string of the molecule is Cc1cc(C(=O)Nc2ccc(C(=O)N3CCC(O)CC3)cc2)c(C)o1. The van der Waals surface area contributed by atoms with Crippen molar-refractivity contribution in [2.75, 3.05) is 18.4 Å². The number of piperidine rings is 1. The zero-order chi connectivity index (χ0) is 18.0. The Morgan fingerprint density at radius 1 is 1.16 bits per heavy atom. The fourth-order valence-corrected chi connectivity index (χ4v) is 3.00. The minimum atomic E-state index is -0.309. The predicted octanol–water partition coefficient (Wildman–Crippen LogP) is 2.75. The molecule has 1 saturated heterocycles. The van der Waals surface area contributed by atoms with Crippen molar-refractivity contribution >= 4 is 17.5 Å². The number of aryl methyl sites for hydroxylation is 2. The van der Waals surface area contributed by atoms with E-state index < -0.39 is 0 Å². The molecular formula is C19H22N2O4. The van der Waals surface area contributed by atoms with Crippen LogP contribution in [0.15, 0.2) is 34.7 Å². The van der Waals surface area contributed by atoms with Gasteiger partial charge in [0.05, 0.1) is 11.7 Å². The standard InChI is InChI=1S/C19H22N2O4/c1-12-11-17(13(2)25-12)18(23)20-15-5-3-14(4-6-15)19(24)21-9-7-16(22)8-10-21/h3-6,11,16,22H,7-10H2,1-2H3,(H,20,23). The molecule has 1 aromatic heterocycles. The summed E-state index contributed by atoms with van der Waals surface area (Å²) in [5.74, 6) is 0.980. The third kappa shape index (κ3) is 3.91. The number of aliphatic hydroxyl groups excluding tert-OH is 1. The second kappa shape index (κ2) is 7.11. The van der Waals surface area contributed by atoms with Gasteiger partial charge in [-0.2, -0.15) is 0 Å². The van der Waals surface area contributed by atoms with Crippen LogP contribution in [0.1, 0.15) is 45.1 Å². The zero-order valence-electron chi connectivity index (χ0n) is 14.4. The highest BCUT2D eigenvalue weighted by Gasteiger charge is 2.22. The van der Waals surface area contributed by atoms with Crippen molar-refractivity contribution < 1.29 is 19.1 Å². The van der Waals surface area contributed by atoms with Crippen LogP contribution >= 0.6 is 0 Å². The van der Waals surface area contributed by atoms with Crippen LogP contribution in [0.4, 0.5) is 5.69 Å². The van der Waals surface area contributed by atoms with E-state index in [2.05, 4.69) is 5.32 Å². The number of carbonyl (C=O) groups is 2. The molecule has 0 radical (unpaired) electrons. The second-order valence-corrected chi connectivity index (χ2v) is 6.38. The van der Waals surface area contributed by atoms with Gasteiger partial charge in [0.15, 0.2) is 0 Å². The average molecular weight is 342 g/mol. The predicted molar refractivity (Wildman–Crippen MR) is 93.7 cm³/mol. The summed E-state index contributed by atoms with van der Waals surface area (Å²) in [5.41, 5.74) is 1.70. The van der Waals surface area contributed by atoms with Gasteiger partial charge in [-0.15, -0.1) is 0 Å². The largest absolute Gasteiger partial charge is 0.466 e. The summed E-state index contributed by atoms with van der Waals surface area (Å²) in [7, 11) is 0. The molecule has 0 aliphatic carbocycles. The molecule has 1 fully saturated rings. The van der Waals surface area contributed by atoms with E-state index >= 15 is 0 Å². The molecule has 0 unspecified atom stereocenters. The highest BCUT2D eigenvalue weighted by atomic mass is 16.3. The number of hydrogen-bond donors (Lipinski definition) is 2. The van der Waals surface area contributed by atoms with Crippen molar-refractivity contribution in [2.45, 2.75) is 32.8 Å². The third-order valence-corrected chi connectivity index (χ3v) is 4.43. The Bertz CT molecular complexity index is 771. The molecule has 132 valence electrons. The number of amides is 2. The molecule has 0 spiro atoms. The number of hydrogen-bond acceptors (Lipinski definition) is 4. The van der Waals surface area contributed by atoms with E-state index in [1.54, 1.807) is 49.1 Å². The minimum absolute atomic E-state index is 0.0499. The Kier molecular flexibility index (Phi) is 4.90. The summed E-state index contributed by atoms with van der Waals surface area (Å²) < 4.78 is 5.37. The number of carbonyl (C=O) groups excluding carboxylic acids is 2. The number of benzene rings is 1. The molecule has 2 N–H and O–H groups in total. The Morgan fingerprint density at radius 3 is 2.36 bits per heavy atom. The maximum Gasteiger partial charge on any atom is 0.259 e. The van der Waals surface area contributed by atoms with Gasteiger partial charge in [-0.05, 0) is 57.0 Å². The highest BCUT2D eigenvalue weighted by molar-refractivity contribution is 6.05. The second-order valence-electron chi connectivity index (χ2n) is 6.38. The number of likely N-dealkylation sites (tertiary alicyclic amines) is 1. The van der Waals surface area contributed by atoms with Crippen LogP contribution in [0.5, 0.6) is 0 Å². The normalized spacial score (nSPS) is 15.2. The number of furan rings is 1. The Hall–Kier alpha value is -2.60. The lowest BCUT2D eigenvalue weighted by molar-refractivity contribution is 0.0546. The minimum Gasteiger partial charge on any atom is -0.466 e. The summed E-state index contributed by atoms with van der Waals surface area (Å²) in [6.45, 7) is 4.68. The molecule has 1 aliphatic rings. The fraction of sp³-hybridized carbons (Fsp3) is 0.368. The Labute approximate surface area is 146 Å². The number of anilines is 1. The zero-order valence-corrected chi connectivity index (χ0v) is 14.4. The highest BCUT2D eigenvalue weighted by Crippen LogP contribution is 2.18. The van der Waals surface area contributed by atoms with Crippen molar-refractivity contribution in [3.8, 4) is 0 Å². The van der Waals surface area contributed by atoms with E-state index in [0.29, 0.717) is 54.3 Å². The first kappa shape index (κ1) is 17.2. The summed E-state index contributed by atoms with van der Waals surface area (Å²) in [5, 5.41) is 12.3. The molecule has 2 heterocycles. The van der Waals surface area contributed by atoms with E-state index in [9.17, 15) is 14.7 Å². The summed E-state index contributed by atoms with van der Waals surface area (Å²) >= 11 is 0. The molecule has 0 bridgehead atoms. The fourth-order valence-electron chi connectivity index (χ4n) is 3.00. The molecular weight excluding hydrogens is 320 g/mol. The van der Waals surface area contributed by atoms with Gasteiger partial charge in [-0.1, -0.05) is 0 Å². The Morgan fingerprint density at radius 2 is 1.80 bits per heavy atom. The maximum atomic E-state index is 12.5. The molecule has 2 amide bonds. The average Bonchev–Trinajstić information content (AvgIpc) is 2.94. The molecule has 6 nitrogen and oxygen atoms in total. The molecule has 6 heteroatoms. The first-order valence-corrected chi connectivity index (χ1v) is 8.40. The third-order valence-electron chi connectivity index (χ3n) is 4.43. The summed E-state index contributed by atoms with van der Waals surface area (Å²) in [4.78, 5) is 26.5. The first-order chi connectivity index (χ1) is 11.9. The number of nitrogens with one attached hydrogen (secondary N) is 1. The van der Waals surface area contributed by atoms with Crippen LogP contribution in [0.3, 0.4) is 0 Å². The first-order valence-electron chi connectivity index (χ1n) is 8.40. The van der Waals surface area contributed by atoms with E-state index in [0.717, 1.165) is 0 Å². The van der Waals surface area contributed by atoms with Crippen molar-refractivity contribution in [2.24, 2.45) is 0 Å². The van der Waals surface area contributed by atoms with Gasteiger partial charge in [-0.3, -0.25) is 9.59 Å². The molecule has 0 atom stereocenters. The number of rotatable bonds is 3. The lowest BCUT2D eigenvalue weighted by Gasteiger charge is -2.29. The van der Waals surface area contributed by atoms with Crippen LogP contribution in [0.2, 0.25) is 0 Å². The van der Waals surface area contributed by atoms with Crippen molar-refractivity contribution in [3.63, 3.8) is 0 Å². The quantitative estimate of drug-likeness (QED) is 0.898. The van der Waals surface area contributed by atoms with Crippen LogP contribution < -0.4 is 5.32 Å². The maximum absolute atomic E-state index is 12.5. The topological polar surface area (TPSA) is 82.8 Å². The van der Waals surface area contributed by atoms with Crippen molar-refractivity contribution in [1.29, 1.82) is 0 Å². The number of nitrogens with zero attached hydrogens (tertiary/aromatic N) is 1. The molecule has 0 saturated carbocycles. The van der Waals surface area contributed by atoms with Crippen LogP contribution in [0, 0.1) is 13.8 Å². The van der Waals surface area contributed by atoms with Crippen molar-refractivity contribution in [1.82, 2.24) is 4.90 Å². The van der Waals surface area contributed by atoms with E-state index in [1.165, 1.54) is 0 Å². The van der Waals surface area contributed by atoms with Crippen LogP contribution in [-0.4, -0.2) is 41.0 Å². The number of aliphatic hydroxyl groups is 1. The molecule has 2 aromatic rings. The lowest BCUT2D eigenvalue weighted by atomic mass is 10.1. The lowest BCUT2D eigenvalue weighted by Crippen LogP contribution is -2.40. The van der Waals surface area contributed by atoms with Gasteiger partial charge >= 0.3 is 0 Å². The van der Waals surface area contributed by atoms with Crippen LogP contribution in [0.25, 0.3) is 0 Å². The van der Waals surface area contributed by atoms with Gasteiger partial charge in [0.25, 0.3) is 11.8 Å². The van der Waals surface area contributed by atoms with Gasteiger partial charge in [-0.25, -0.2) is 0 Å². The van der Waals surface area contributed by atoms with Crippen LogP contribution in [-0.2, 0) is 0 Å². The smallest absolute Gasteiger partial charge is 0.259 e. The van der Waals surface area contributed by atoms with E-state index in [1.807, 2.05) is 0 Å². The van der Waals surface area contributed by atoms with Gasteiger partial charge in [0, 0.05) is 24.3 Å². The molecule has 1 aliphatic heterocycles. The monoisotopic (exact) mass is 342 g/mol. The van der Waals surface area contributed by atoms with E-state index in [-0.39, 0.29) is 17.9 Å². The molecule has 1 aromatic carbocycles. The van der Waals surface area contributed by atoms with Gasteiger partial charge < -0.3 is 19.7 Å². The summed E-state index contributed by atoms with van der Waals surface area (Å²) in [6, 6.07) is 8.54. The summed E-state index contributed by atoms with van der Waals surface area (Å²) in [6.07, 6.45) is 0.920. The van der Waals surface area contributed by atoms with Crippen molar-refractivity contribution in [3.05, 3.63) is 53.0 Å².